The largest absolute Gasteiger partial charge is 0.362 e. The van der Waals surface area contributed by atoms with Crippen LogP contribution in [-0.2, 0) is 0 Å². The first kappa shape index (κ1) is 15.2. The Bertz CT molecular complexity index is 303. The molecule has 2 aliphatic heterocycles. The molecule has 0 radical (unpaired) electrons. The van der Waals surface area contributed by atoms with Crippen LogP contribution in [0.1, 0.15) is 46.5 Å². The molecule has 2 fully saturated rings. The van der Waals surface area contributed by atoms with Crippen LogP contribution in [0.5, 0.6) is 0 Å². The van der Waals surface area contributed by atoms with E-state index in [9.17, 15) is 0 Å². The molecule has 2 heterocycles. The van der Waals surface area contributed by atoms with Crippen molar-refractivity contribution in [3.8, 4) is 0 Å². The SMILES string of the molecule is CC(C)(C)C1CCSC(=NCCCN2CCCC2)N1. The van der Waals surface area contributed by atoms with Crippen LogP contribution in [0.25, 0.3) is 0 Å². The smallest absolute Gasteiger partial charge is 0.156 e. The number of likely N-dealkylation sites (tertiary alicyclic amines) is 1. The predicted octanol–water partition coefficient (Wildman–Crippen LogP) is 2.97. The first-order chi connectivity index (χ1) is 9.05. The second-order valence-electron chi connectivity index (χ2n) is 6.79. The van der Waals surface area contributed by atoms with E-state index in [0.717, 1.165) is 6.54 Å². The third-order valence-electron chi connectivity index (χ3n) is 4.07. The lowest BCUT2D eigenvalue weighted by Crippen LogP contribution is -2.46. The molecule has 1 atom stereocenters. The van der Waals surface area contributed by atoms with E-state index < -0.39 is 0 Å². The second kappa shape index (κ2) is 6.98. The monoisotopic (exact) mass is 283 g/mol. The van der Waals surface area contributed by atoms with E-state index >= 15 is 0 Å². The molecule has 3 nitrogen and oxygen atoms in total. The van der Waals surface area contributed by atoms with Gasteiger partial charge in [-0.15, -0.1) is 0 Å². The normalized spacial score (nSPS) is 27.7. The zero-order valence-corrected chi connectivity index (χ0v) is 13.6. The van der Waals surface area contributed by atoms with Crippen molar-refractivity contribution in [2.75, 3.05) is 31.9 Å². The van der Waals surface area contributed by atoms with Crippen molar-refractivity contribution in [3.63, 3.8) is 0 Å². The topological polar surface area (TPSA) is 27.6 Å². The summed E-state index contributed by atoms with van der Waals surface area (Å²) in [7, 11) is 0. The zero-order chi connectivity index (χ0) is 13.7. The number of nitrogens with one attached hydrogen (secondary N) is 1. The molecule has 2 rings (SSSR count). The highest BCUT2D eigenvalue weighted by Gasteiger charge is 2.28. The molecule has 4 heteroatoms. The van der Waals surface area contributed by atoms with Gasteiger partial charge in [-0.05, 0) is 50.7 Å². The summed E-state index contributed by atoms with van der Waals surface area (Å²) in [5, 5.41) is 4.79. The summed E-state index contributed by atoms with van der Waals surface area (Å²) in [6.07, 6.45) is 5.23. The molecule has 0 saturated carbocycles. The Morgan fingerprint density at radius 3 is 2.74 bits per heavy atom. The van der Waals surface area contributed by atoms with Gasteiger partial charge in [0.15, 0.2) is 5.17 Å². The highest BCUT2D eigenvalue weighted by Crippen LogP contribution is 2.27. The van der Waals surface area contributed by atoms with Gasteiger partial charge < -0.3 is 10.2 Å². The predicted molar refractivity (Wildman–Crippen MR) is 86.0 cm³/mol. The number of amidine groups is 1. The minimum absolute atomic E-state index is 0.331. The molecule has 0 aromatic heterocycles. The van der Waals surface area contributed by atoms with Crippen molar-refractivity contribution in [2.24, 2.45) is 10.4 Å². The molecule has 1 unspecified atom stereocenters. The number of nitrogens with zero attached hydrogens (tertiary/aromatic N) is 2. The summed E-state index contributed by atoms with van der Waals surface area (Å²) in [4.78, 5) is 7.32. The van der Waals surface area contributed by atoms with Gasteiger partial charge in [-0.1, -0.05) is 32.5 Å². The third-order valence-corrected chi connectivity index (χ3v) is 5.04. The second-order valence-corrected chi connectivity index (χ2v) is 7.87. The van der Waals surface area contributed by atoms with E-state index in [1.54, 1.807) is 0 Å². The van der Waals surface area contributed by atoms with Crippen LogP contribution in [0.4, 0.5) is 0 Å². The highest BCUT2D eigenvalue weighted by molar-refractivity contribution is 8.13. The summed E-state index contributed by atoms with van der Waals surface area (Å²) in [6, 6.07) is 0.575. The van der Waals surface area contributed by atoms with E-state index in [-0.39, 0.29) is 0 Å². The molecule has 2 saturated heterocycles. The number of hydrogen-bond donors (Lipinski definition) is 1. The molecule has 110 valence electrons. The van der Waals surface area contributed by atoms with Gasteiger partial charge in [-0.2, -0.15) is 0 Å². The zero-order valence-electron chi connectivity index (χ0n) is 12.7. The molecule has 0 aromatic carbocycles. The maximum absolute atomic E-state index is 4.75. The molecular formula is C15H29N3S. The van der Waals surface area contributed by atoms with Gasteiger partial charge in [0.05, 0.1) is 0 Å². The van der Waals surface area contributed by atoms with Gasteiger partial charge in [0.25, 0.3) is 0 Å². The van der Waals surface area contributed by atoms with Crippen LogP contribution in [-0.4, -0.2) is 48.0 Å². The Balaban J connectivity index is 1.69. The summed E-state index contributed by atoms with van der Waals surface area (Å²) < 4.78 is 0. The van der Waals surface area contributed by atoms with E-state index in [4.69, 9.17) is 4.99 Å². The fourth-order valence-corrected chi connectivity index (χ4v) is 3.71. The lowest BCUT2D eigenvalue weighted by Gasteiger charge is -2.35. The minimum Gasteiger partial charge on any atom is -0.362 e. The summed E-state index contributed by atoms with van der Waals surface area (Å²) in [5.41, 5.74) is 0.331. The van der Waals surface area contributed by atoms with Crippen molar-refractivity contribution < 1.29 is 0 Å². The number of aliphatic imine (C=N–C) groups is 1. The van der Waals surface area contributed by atoms with Crippen LogP contribution < -0.4 is 5.32 Å². The Hall–Kier alpha value is -0.220. The lowest BCUT2D eigenvalue weighted by molar-refractivity contribution is 0.290. The van der Waals surface area contributed by atoms with Gasteiger partial charge in [-0.3, -0.25) is 4.99 Å². The average Bonchev–Trinajstić information content (AvgIpc) is 2.87. The van der Waals surface area contributed by atoms with Crippen LogP contribution in [0, 0.1) is 5.41 Å². The average molecular weight is 283 g/mol. The Morgan fingerprint density at radius 2 is 2.05 bits per heavy atom. The van der Waals surface area contributed by atoms with Crippen molar-refractivity contribution in [3.05, 3.63) is 0 Å². The fourth-order valence-electron chi connectivity index (χ4n) is 2.76. The quantitative estimate of drug-likeness (QED) is 0.804. The molecule has 2 aliphatic rings. The maximum atomic E-state index is 4.75. The van der Waals surface area contributed by atoms with Crippen LogP contribution in [0.15, 0.2) is 4.99 Å². The van der Waals surface area contributed by atoms with E-state index in [2.05, 4.69) is 31.0 Å². The molecule has 0 aromatic rings. The van der Waals surface area contributed by atoms with Crippen LogP contribution in [0.3, 0.4) is 0 Å². The summed E-state index contributed by atoms with van der Waals surface area (Å²) in [6.45, 7) is 11.7. The van der Waals surface area contributed by atoms with Gasteiger partial charge >= 0.3 is 0 Å². The number of rotatable bonds is 4. The lowest BCUT2D eigenvalue weighted by atomic mass is 9.85. The fraction of sp³-hybridized carbons (Fsp3) is 0.933. The summed E-state index contributed by atoms with van der Waals surface area (Å²) in [5.74, 6) is 1.21. The molecular weight excluding hydrogens is 254 g/mol. The standard InChI is InChI=1S/C15H29N3S/c1-15(2,3)13-7-12-19-14(17-13)16-8-6-11-18-9-4-5-10-18/h13H,4-12H2,1-3H3,(H,16,17). The maximum Gasteiger partial charge on any atom is 0.156 e. The summed E-state index contributed by atoms with van der Waals surface area (Å²) >= 11 is 1.89. The van der Waals surface area contributed by atoms with Gasteiger partial charge in [-0.25, -0.2) is 0 Å². The molecule has 19 heavy (non-hydrogen) atoms. The van der Waals surface area contributed by atoms with Gasteiger partial charge in [0, 0.05) is 18.3 Å². The van der Waals surface area contributed by atoms with E-state index in [1.165, 1.54) is 56.2 Å². The molecule has 0 bridgehead atoms. The van der Waals surface area contributed by atoms with Gasteiger partial charge in [0.2, 0.25) is 0 Å². The highest BCUT2D eigenvalue weighted by atomic mass is 32.2. The molecule has 0 amide bonds. The minimum atomic E-state index is 0.331. The van der Waals surface area contributed by atoms with Crippen LogP contribution in [0.2, 0.25) is 0 Å². The Labute approximate surface area is 122 Å². The van der Waals surface area contributed by atoms with Crippen molar-refractivity contribution >= 4 is 16.9 Å². The van der Waals surface area contributed by atoms with Crippen molar-refractivity contribution in [2.45, 2.75) is 52.5 Å². The first-order valence-electron chi connectivity index (χ1n) is 7.72. The first-order valence-corrected chi connectivity index (χ1v) is 8.70. The third kappa shape index (κ3) is 4.99. The number of hydrogen-bond acceptors (Lipinski definition) is 3. The number of thioether (sulfide) groups is 1. The van der Waals surface area contributed by atoms with Crippen molar-refractivity contribution in [1.82, 2.24) is 10.2 Å². The van der Waals surface area contributed by atoms with E-state index in [1.807, 2.05) is 11.8 Å². The molecule has 1 N–H and O–H groups in total. The molecule has 0 spiro atoms. The van der Waals surface area contributed by atoms with Crippen LogP contribution >= 0.6 is 11.8 Å². The molecule has 0 aliphatic carbocycles. The Kier molecular flexibility index (Phi) is 5.58. The van der Waals surface area contributed by atoms with E-state index in [0.29, 0.717) is 11.5 Å². The Morgan fingerprint density at radius 1 is 1.32 bits per heavy atom. The van der Waals surface area contributed by atoms with Crippen molar-refractivity contribution in [1.29, 1.82) is 0 Å². The van der Waals surface area contributed by atoms with Gasteiger partial charge in [0.1, 0.15) is 0 Å².